The van der Waals surface area contributed by atoms with Crippen molar-refractivity contribution < 1.29 is 14.3 Å². The van der Waals surface area contributed by atoms with Crippen LogP contribution in [0.15, 0.2) is 53.0 Å². The van der Waals surface area contributed by atoms with Crippen LogP contribution in [0.3, 0.4) is 0 Å². The quantitative estimate of drug-likeness (QED) is 0.736. The molecule has 0 bridgehead atoms. The van der Waals surface area contributed by atoms with Gasteiger partial charge in [-0.2, -0.15) is 0 Å². The van der Waals surface area contributed by atoms with Gasteiger partial charge in [0.15, 0.2) is 0 Å². The second-order valence-electron chi connectivity index (χ2n) is 6.87. The lowest BCUT2D eigenvalue weighted by Gasteiger charge is -2.32. The van der Waals surface area contributed by atoms with Crippen molar-refractivity contribution in [2.24, 2.45) is 0 Å². The first-order chi connectivity index (χ1) is 13.6. The largest absolute Gasteiger partial charge is 0.494 e. The number of halogens is 1. The number of nitrogens with one attached hydrogen (secondary N) is 1. The molecule has 1 aliphatic rings. The van der Waals surface area contributed by atoms with Gasteiger partial charge in [-0.25, -0.2) is 0 Å². The highest BCUT2D eigenvalue weighted by molar-refractivity contribution is 9.10. The molecule has 6 heteroatoms. The van der Waals surface area contributed by atoms with Gasteiger partial charge < -0.3 is 15.0 Å². The molecule has 1 saturated heterocycles. The number of rotatable bonds is 6. The first-order valence-corrected chi connectivity index (χ1v) is 10.4. The molecule has 0 spiro atoms. The van der Waals surface area contributed by atoms with Crippen LogP contribution >= 0.6 is 15.9 Å². The minimum atomic E-state index is 0.0136. The van der Waals surface area contributed by atoms with E-state index in [1.807, 2.05) is 60.4 Å². The van der Waals surface area contributed by atoms with E-state index < -0.39 is 0 Å². The van der Waals surface area contributed by atoms with Crippen LogP contribution in [0.1, 0.15) is 35.7 Å². The molecule has 1 aliphatic heterocycles. The van der Waals surface area contributed by atoms with Gasteiger partial charge in [-0.1, -0.05) is 24.3 Å². The predicted molar refractivity (Wildman–Crippen MR) is 113 cm³/mol. The summed E-state index contributed by atoms with van der Waals surface area (Å²) < 4.78 is 6.23. The summed E-state index contributed by atoms with van der Waals surface area (Å²) in [5.41, 5.74) is 1.64. The number of carbonyl (C=O) groups is 2. The first-order valence-electron chi connectivity index (χ1n) is 9.61. The summed E-state index contributed by atoms with van der Waals surface area (Å²) in [6.07, 6.45) is 1.89. The first kappa shape index (κ1) is 20.4. The summed E-state index contributed by atoms with van der Waals surface area (Å²) in [5, 5.41) is 3.10. The number of piperidine rings is 1. The number of ether oxygens (including phenoxy) is 1. The number of nitrogens with zero attached hydrogens (tertiary/aromatic N) is 1. The van der Waals surface area contributed by atoms with E-state index in [4.69, 9.17) is 4.74 Å². The SMILES string of the molecule is CCOc1ccc(CC(=O)NC2CCN(C(=O)c3ccccc3Br)CC2)cc1. The third-order valence-electron chi connectivity index (χ3n) is 4.85. The molecule has 2 amide bonds. The van der Waals surface area contributed by atoms with Crippen LogP contribution in [0.5, 0.6) is 5.75 Å². The van der Waals surface area contributed by atoms with Crippen molar-refractivity contribution in [1.82, 2.24) is 10.2 Å². The van der Waals surface area contributed by atoms with Crippen LogP contribution in [-0.2, 0) is 11.2 Å². The van der Waals surface area contributed by atoms with Gasteiger partial charge in [0.2, 0.25) is 5.91 Å². The van der Waals surface area contributed by atoms with Gasteiger partial charge in [0.1, 0.15) is 5.75 Å². The number of likely N-dealkylation sites (tertiary alicyclic amines) is 1. The maximum Gasteiger partial charge on any atom is 0.254 e. The topological polar surface area (TPSA) is 58.6 Å². The van der Waals surface area contributed by atoms with Gasteiger partial charge in [0.05, 0.1) is 18.6 Å². The highest BCUT2D eigenvalue weighted by atomic mass is 79.9. The minimum Gasteiger partial charge on any atom is -0.494 e. The van der Waals surface area contributed by atoms with Crippen molar-refractivity contribution in [3.63, 3.8) is 0 Å². The fourth-order valence-corrected chi connectivity index (χ4v) is 3.82. The van der Waals surface area contributed by atoms with Crippen molar-refractivity contribution in [3.8, 4) is 5.75 Å². The zero-order valence-electron chi connectivity index (χ0n) is 16.0. The lowest BCUT2D eigenvalue weighted by atomic mass is 10.0. The van der Waals surface area contributed by atoms with Gasteiger partial charge in [-0.15, -0.1) is 0 Å². The summed E-state index contributed by atoms with van der Waals surface area (Å²) in [6.45, 7) is 3.86. The summed E-state index contributed by atoms with van der Waals surface area (Å²) in [6, 6.07) is 15.2. The average Bonchev–Trinajstić information content (AvgIpc) is 2.70. The standard InChI is InChI=1S/C22H25BrN2O3/c1-2-28-18-9-7-16(8-10-18)15-21(26)24-17-11-13-25(14-12-17)22(27)19-5-3-4-6-20(19)23/h3-10,17H,2,11-15H2,1H3,(H,24,26). The van der Waals surface area contributed by atoms with Gasteiger partial charge in [-0.05, 0) is 65.5 Å². The predicted octanol–water partition coefficient (Wildman–Crippen LogP) is 3.81. The molecule has 0 atom stereocenters. The Balaban J connectivity index is 1.46. The maximum absolute atomic E-state index is 12.7. The molecule has 1 heterocycles. The Morgan fingerprint density at radius 3 is 2.43 bits per heavy atom. The van der Waals surface area contributed by atoms with E-state index in [1.165, 1.54) is 0 Å². The molecule has 1 N–H and O–H groups in total. The highest BCUT2D eigenvalue weighted by Gasteiger charge is 2.25. The Morgan fingerprint density at radius 2 is 1.79 bits per heavy atom. The number of hydrogen-bond acceptors (Lipinski definition) is 3. The van der Waals surface area contributed by atoms with Gasteiger partial charge in [-0.3, -0.25) is 9.59 Å². The molecule has 2 aromatic rings. The fourth-order valence-electron chi connectivity index (χ4n) is 3.37. The Labute approximate surface area is 174 Å². The third-order valence-corrected chi connectivity index (χ3v) is 5.54. The zero-order valence-corrected chi connectivity index (χ0v) is 17.6. The molecule has 5 nitrogen and oxygen atoms in total. The van der Waals surface area contributed by atoms with Crippen LogP contribution in [0.4, 0.5) is 0 Å². The van der Waals surface area contributed by atoms with Gasteiger partial charge in [0.25, 0.3) is 5.91 Å². The van der Waals surface area contributed by atoms with Crippen LogP contribution in [0.2, 0.25) is 0 Å². The van der Waals surface area contributed by atoms with Crippen LogP contribution in [0, 0.1) is 0 Å². The van der Waals surface area contributed by atoms with E-state index in [0.717, 1.165) is 28.6 Å². The summed E-state index contributed by atoms with van der Waals surface area (Å²) in [7, 11) is 0. The summed E-state index contributed by atoms with van der Waals surface area (Å²) in [5.74, 6) is 0.861. The lowest BCUT2D eigenvalue weighted by Crippen LogP contribution is -2.47. The van der Waals surface area contributed by atoms with Crippen molar-refractivity contribution >= 4 is 27.7 Å². The average molecular weight is 445 g/mol. The Morgan fingerprint density at radius 1 is 1.11 bits per heavy atom. The van der Waals surface area contributed by atoms with Gasteiger partial charge >= 0.3 is 0 Å². The number of hydrogen-bond donors (Lipinski definition) is 1. The molecule has 1 fully saturated rings. The number of amides is 2. The van der Waals surface area contributed by atoms with Crippen LogP contribution in [0.25, 0.3) is 0 Å². The Bertz CT molecular complexity index is 815. The highest BCUT2D eigenvalue weighted by Crippen LogP contribution is 2.20. The molecule has 3 rings (SSSR count). The smallest absolute Gasteiger partial charge is 0.254 e. The van der Waals surface area contributed by atoms with Gasteiger partial charge in [0, 0.05) is 23.6 Å². The van der Waals surface area contributed by atoms with E-state index in [2.05, 4.69) is 21.2 Å². The molecule has 0 aliphatic carbocycles. The Kier molecular flexibility index (Phi) is 7.09. The van der Waals surface area contributed by atoms with Crippen molar-refractivity contribution in [3.05, 3.63) is 64.1 Å². The Hall–Kier alpha value is -2.34. The minimum absolute atomic E-state index is 0.0136. The van der Waals surface area contributed by atoms with E-state index in [1.54, 1.807) is 0 Å². The number of carbonyl (C=O) groups excluding carboxylic acids is 2. The molecular weight excluding hydrogens is 420 g/mol. The molecule has 28 heavy (non-hydrogen) atoms. The molecule has 2 aromatic carbocycles. The zero-order chi connectivity index (χ0) is 19.9. The number of benzene rings is 2. The second kappa shape index (κ2) is 9.73. The van der Waals surface area contributed by atoms with Crippen LogP contribution in [-0.4, -0.2) is 42.5 Å². The normalized spacial score (nSPS) is 14.6. The molecular formula is C22H25BrN2O3. The monoisotopic (exact) mass is 444 g/mol. The lowest BCUT2D eigenvalue weighted by molar-refractivity contribution is -0.121. The van der Waals surface area contributed by atoms with E-state index in [0.29, 0.717) is 31.7 Å². The molecule has 0 unspecified atom stereocenters. The van der Waals surface area contributed by atoms with E-state index in [9.17, 15) is 9.59 Å². The molecule has 0 aromatic heterocycles. The molecule has 148 valence electrons. The summed E-state index contributed by atoms with van der Waals surface area (Å²) in [4.78, 5) is 26.9. The fraction of sp³-hybridized carbons (Fsp3) is 0.364. The van der Waals surface area contributed by atoms with Crippen molar-refractivity contribution in [2.75, 3.05) is 19.7 Å². The van der Waals surface area contributed by atoms with Crippen LogP contribution < -0.4 is 10.1 Å². The third kappa shape index (κ3) is 5.35. The summed E-state index contributed by atoms with van der Waals surface area (Å²) >= 11 is 3.44. The van der Waals surface area contributed by atoms with Crippen molar-refractivity contribution in [2.45, 2.75) is 32.2 Å². The van der Waals surface area contributed by atoms with E-state index in [-0.39, 0.29) is 17.9 Å². The molecule has 0 radical (unpaired) electrons. The second-order valence-corrected chi connectivity index (χ2v) is 7.72. The van der Waals surface area contributed by atoms with E-state index >= 15 is 0 Å². The van der Waals surface area contributed by atoms with Crippen molar-refractivity contribution in [1.29, 1.82) is 0 Å². The molecule has 0 saturated carbocycles. The maximum atomic E-state index is 12.7.